The molecule has 192 valence electrons. The van der Waals surface area contributed by atoms with Crippen LogP contribution in [0, 0.1) is 5.82 Å². The molecule has 0 saturated heterocycles. The number of halogens is 1. The molecule has 0 bridgehead atoms. The zero-order valence-corrected chi connectivity index (χ0v) is 20.6. The Morgan fingerprint density at radius 3 is 2.47 bits per heavy atom. The van der Waals surface area contributed by atoms with Gasteiger partial charge in [0, 0.05) is 34.3 Å². The molecule has 1 saturated carbocycles. The molecule has 3 amide bonds. The van der Waals surface area contributed by atoms with Gasteiger partial charge in [-0.1, -0.05) is 12.8 Å². The Balaban J connectivity index is 1.39. The number of carbonyl (C=O) groups is 3. The van der Waals surface area contributed by atoms with Gasteiger partial charge in [-0.15, -0.1) is 0 Å². The molecule has 1 aliphatic heterocycles. The van der Waals surface area contributed by atoms with Crippen LogP contribution in [-0.2, 0) is 25.2 Å². The van der Waals surface area contributed by atoms with E-state index in [0.717, 1.165) is 25.7 Å². The average molecular weight is 518 g/mol. The maximum Gasteiger partial charge on any atom is 0.243 e. The molecule has 2 N–H and O–H groups in total. The van der Waals surface area contributed by atoms with Crippen LogP contribution in [0.25, 0.3) is 0 Å². The zero-order chi connectivity index (χ0) is 25.7. The van der Waals surface area contributed by atoms with Gasteiger partial charge in [0.15, 0.2) is 11.5 Å². The van der Waals surface area contributed by atoms with Gasteiger partial charge in [0.1, 0.15) is 23.4 Å². The lowest BCUT2D eigenvalue weighted by Crippen LogP contribution is -2.51. The van der Waals surface area contributed by atoms with E-state index < -0.39 is 46.0 Å². The van der Waals surface area contributed by atoms with Gasteiger partial charge in [0.05, 0.1) is 0 Å². The number of carbonyl (C=O) groups excluding carboxylic acids is 3. The molecule has 0 spiro atoms. The van der Waals surface area contributed by atoms with E-state index in [-0.39, 0.29) is 18.7 Å². The van der Waals surface area contributed by atoms with Crippen LogP contribution in [-0.4, -0.2) is 52.3 Å². The highest BCUT2D eigenvalue weighted by molar-refractivity contribution is 7.86. The van der Waals surface area contributed by atoms with Crippen molar-refractivity contribution in [2.45, 2.75) is 44.7 Å². The van der Waals surface area contributed by atoms with E-state index in [0.29, 0.717) is 22.9 Å². The molecule has 2 aromatic carbocycles. The summed E-state index contributed by atoms with van der Waals surface area (Å²) in [6.45, 7) is 1.67. The first-order chi connectivity index (χ1) is 17.3. The fraction of sp³-hybridized carbons (Fsp3) is 0.400. The molecule has 1 fully saturated rings. The van der Waals surface area contributed by atoms with E-state index in [2.05, 4.69) is 10.6 Å². The minimum absolute atomic E-state index is 0.0547. The van der Waals surface area contributed by atoms with Gasteiger partial charge in [-0.3, -0.25) is 23.5 Å². The Morgan fingerprint density at radius 1 is 1.06 bits per heavy atom. The Bertz CT molecular complexity index is 1150. The Morgan fingerprint density at radius 2 is 1.75 bits per heavy atom. The lowest BCUT2D eigenvalue weighted by atomic mass is 10.1. The van der Waals surface area contributed by atoms with Crippen molar-refractivity contribution in [2.24, 2.45) is 0 Å². The quantitative estimate of drug-likeness (QED) is 0.529. The van der Waals surface area contributed by atoms with Crippen LogP contribution in [0.2, 0.25) is 0 Å². The second-order valence-electron chi connectivity index (χ2n) is 8.75. The van der Waals surface area contributed by atoms with Gasteiger partial charge in [0.2, 0.25) is 24.5 Å². The summed E-state index contributed by atoms with van der Waals surface area (Å²) in [4.78, 5) is 39.7. The highest BCUT2D eigenvalue weighted by Crippen LogP contribution is 2.34. The molecule has 0 radical (unpaired) electrons. The summed E-state index contributed by atoms with van der Waals surface area (Å²) in [5, 5.41) is 5.59. The molecule has 2 atom stereocenters. The monoisotopic (exact) mass is 517 g/mol. The predicted octanol–water partition coefficient (Wildman–Crippen LogP) is 2.72. The fourth-order valence-corrected chi connectivity index (χ4v) is 5.15. The van der Waals surface area contributed by atoms with Gasteiger partial charge in [-0.25, -0.2) is 4.39 Å². The summed E-state index contributed by atoms with van der Waals surface area (Å²) < 4.78 is 36.7. The van der Waals surface area contributed by atoms with Crippen molar-refractivity contribution in [3.8, 4) is 11.5 Å². The molecule has 4 rings (SSSR count). The largest absolute Gasteiger partial charge is 0.454 e. The van der Waals surface area contributed by atoms with Gasteiger partial charge in [-0.05, 0) is 56.2 Å². The number of hydrogen-bond acceptors (Lipinski definition) is 6. The molecular formula is C25H28FN3O6S. The number of benzene rings is 2. The van der Waals surface area contributed by atoms with Crippen molar-refractivity contribution in [3.63, 3.8) is 0 Å². The number of amides is 3. The number of hydrogen-bond donors (Lipinski definition) is 2. The van der Waals surface area contributed by atoms with Crippen LogP contribution >= 0.6 is 0 Å². The molecule has 2 aromatic rings. The molecule has 2 aliphatic rings. The number of anilines is 2. The molecule has 0 aromatic heterocycles. The number of ether oxygens (including phenoxy) is 2. The fourth-order valence-electron chi connectivity index (χ4n) is 4.27. The van der Waals surface area contributed by atoms with E-state index >= 15 is 0 Å². The SMILES string of the molecule is C[C@@H](C(=O)NC1CCCC1)N(C(=O)C[S@@](=O)CC(=O)Nc1ccc2c(c1)OCO2)c1ccc(F)cc1. The second kappa shape index (κ2) is 11.5. The van der Waals surface area contributed by atoms with E-state index in [1.807, 2.05) is 0 Å². The minimum Gasteiger partial charge on any atom is -0.454 e. The van der Waals surface area contributed by atoms with Crippen molar-refractivity contribution in [2.75, 3.05) is 28.5 Å². The summed E-state index contributed by atoms with van der Waals surface area (Å²) in [6.07, 6.45) is 3.83. The normalized spacial score (nSPS) is 16.3. The van der Waals surface area contributed by atoms with Gasteiger partial charge >= 0.3 is 0 Å². The van der Waals surface area contributed by atoms with Crippen molar-refractivity contribution in [1.29, 1.82) is 0 Å². The van der Waals surface area contributed by atoms with Gasteiger partial charge in [0.25, 0.3) is 0 Å². The third kappa shape index (κ3) is 6.39. The van der Waals surface area contributed by atoms with Crippen LogP contribution in [0.1, 0.15) is 32.6 Å². The van der Waals surface area contributed by atoms with E-state index in [9.17, 15) is 23.0 Å². The van der Waals surface area contributed by atoms with E-state index in [1.165, 1.54) is 29.2 Å². The highest BCUT2D eigenvalue weighted by Gasteiger charge is 2.30. The van der Waals surface area contributed by atoms with Gasteiger partial charge in [-0.2, -0.15) is 0 Å². The molecule has 1 aliphatic carbocycles. The van der Waals surface area contributed by atoms with Crippen molar-refractivity contribution < 1.29 is 32.5 Å². The van der Waals surface area contributed by atoms with Crippen LogP contribution < -0.4 is 25.0 Å². The lowest BCUT2D eigenvalue weighted by molar-refractivity contribution is -0.125. The van der Waals surface area contributed by atoms with Gasteiger partial charge < -0.3 is 20.1 Å². The van der Waals surface area contributed by atoms with Crippen LogP contribution in [0.5, 0.6) is 11.5 Å². The number of nitrogens with one attached hydrogen (secondary N) is 2. The predicted molar refractivity (Wildman–Crippen MR) is 133 cm³/mol. The molecule has 9 nitrogen and oxygen atoms in total. The maximum absolute atomic E-state index is 13.5. The van der Waals surface area contributed by atoms with E-state index in [1.54, 1.807) is 25.1 Å². The first-order valence-corrected chi connectivity index (χ1v) is 13.2. The Kier molecular flexibility index (Phi) is 8.19. The van der Waals surface area contributed by atoms with Crippen molar-refractivity contribution in [1.82, 2.24) is 5.32 Å². The first kappa shape index (κ1) is 25.6. The minimum atomic E-state index is -1.85. The molecule has 1 heterocycles. The maximum atomic E-state index is 13.5. The zero-order valence-electron chi connectivity index (χ0n) is 19.8. The summed E-state index contributed by atoms with van der Waals surface area (Å²) in [6, 6.07) is 9.16. The summed E-state index contributed by atoms with van der Waals surface area (Å²) in [5.74, 6) is -1.82. The Labute approximate surface area is 210 Å². The summed E-state index contributed by atoms with van der Waals surface area (Å²) >= 11 is 0. The topological polar surface area (TPSA) is 114 Å². The van der Waals surface area contributed by atoms with Crippen LogP contribution in [0.4, 0.5) is 15.8 Å². The molecular weight excluding hydrogens is 489 g/mol. The van der Waals surface area contributed by atoms with E-state index in [4.69, 9.17) is 9.47 Å². The Hall–Kier alpha value is -3.47. The number of nitrogens with zero attached hydrogens (tertiary/aromatic N) is 1. The second-order valence-corrected chi connectivity index (χ2v) is 10.2. The number of rotatable bonds is 9. The molecule has 11 heteroatoms. The van der Waals surface area contributed by atoms with Crippen LogP contribution in [0.3, 0.4) is 0 Å². The lowest BCUT2D eigenvalue weighted by Gasteiger charge is -2.29. The molecule has 0 unspecified atom stereocenters. The standard InChI is InChI=1S/C25H28FN3O6S/c1-16(25(32)28-18-4-2-3-5-18)29(20-9-6-17(26)7-10-20)24(31)14-36(33)13-23(30)27-19-8-11-21-22(12-19)35-15-34-21/h6-12,16,18H,2-5,13-15H2,1H3,(H,27,30)(H,28,32)/t16-,36-/m0/s1. The third-order valence-electron chi connectivity index (χ3n) is 6.07. The van der Waals surface area contributed by atoms with Crippen molar-refractivity contribution >= 4 is 39.9 Å². The average Bonchev–Trinajstić information content (AvgIpc) is 3.51. The number of fused-ring (bicyclic) bond motifs is 1. The first-order valence-electron chi connectivity index (χ1n) is 11.7. The van der Waals surface area contributed by atoms with Crippen LogP contribution in [0.15, 0.2) is 42.5 Å². The third-order valence-corrected chi connectivity index (χ3v) is 7.23. The smallest absolute Gasteiger partial charge is 0.243 e. The summed E-state index contributed by atoms with van der Waals surface area (Å²) in [5.41, 5.74) is 0.745. The summed E-state index contributed by atoms with van der Waals surface area (Å²) in [7, 11) is -1.85. The highest BCUT2D eigenvalue weighted by atomic mass is 32.2. The molecule has 36 heavy (non-hydrogen) atoms. The van der Waals surface area contributed by atoms with Crippen molar-refractivity contribution in [3.05, 3.63) is 48.3 Å².